The van der Waals surface area contributed by atoms with Crippen molar-refractivity contribution in [2.45, 2.75) is 52.0 Å². The van der Waals surface area contributed by atoms with Crippen molar-refractivity contribution in [2.24, 2.45) is 11.8 Å². The Labute approximate surface area is 126 Å². The van der Waals surface area contributed by atoms with Crippen LogP contribution in [0.25, 0.3) is 0 Å². The van der Waals surface area contributed by atoms with Crippen molar-refractivity contribution >= 4 is 11.6 Å². The second-order valence-corrected chi connectivity index (χ2v) is 6.27. The van der Waals surface area contributed by atoms with Crippen molar-refractivity contribution in [3.63, 3.8) is 0 Å². The zero-order valence-corrected chi connectivity index (χ0v) is 13.2. The van der Waals surface area contributed by atoms with Gasteiger partial charge >= 0.3 is 0 Å². The predicted molar refractivity (Wildman–Crippen MR) is 83.6 cm³/mol. The molecule has 0 bridgehead atoms. The molecule has 1 saturated carbocycles. The summed E-state index contributed by atoms with van der Waals surface area (Å²) in [6.07, 6.45) is 6.12. The van der Waals surface area contributed by atoms with Crippen LogP contribution in [0.5, 0.6) is 0 Å². The van der Waals surface area contributed by atoms with Crippen LogP contribution in [0.4, 0.5) is 4.39 Å². The summed E-state index contributed by atoms with van der Waals surface area (Å²) in [6.45, 7) is 5.17. The first-order valence-corrected chi connectivity index (χ1v) is 8.22. The maximum atomic E-state index is 14.2. The first-order valence-electron chi connectivity index (χ1n) is 7.84. The third-order valence-electron chi connectivity index (χ3n) is 4.67. The Balaban J connectivity index is 2.19. The van der Waals surface area contributed by atoms with Crippen LogP contribution in [0.3, 0.4) is 0 Å². The van der Waals surface area contributed by atoms with Gasteiger partial charge in [-0.05, 0) is 43.4 Å². The van der Waals surface area contributed by atoms with Crippen molar-refractivity contribution in [1.29, 1.82) is 0 Å². The van der Waals surface area contributed by atoms with E-state index in [1.165, 1.54) is 38.2 Å². The SMILES string of the molecule is CCNC(c1c(F)cccc1Cl)C1CCC(CC)CC1. The average Bonchev–Trinajstić information content (AvgIpc) is 2.46. The van der Waals surface area contributed by atoms with Crippen molar-refractivity contribution in [1.82, 2.24) is 5.32 Å². The Morgan fingerprint density at radius 1 is 1.25 bits per heavy atom. The molecule has 20 heavy (non-hydrogen) atoms. The fourth-order valence-corrected chi connectivity index (χ4v) is 3.74. The van der Waals surface area contributed by atoms with E-state index < -0.39 is 0 Å². The second-order valence-electron chi connectivity index (χ2n) is 5.86. The Hall–Kier alpha value is -0.600. The fraction of sp³-hybridized carbons (Fsp3) is 0.647. The van der Waals surface area contributed by atoms with Gasteiger partial charge in [0.1, 0.15) is 5.82 Å². The molecule has 1 aromatic rings. The lowest BCUT2D eigenvalue weighted by molar-refractivity contribution is 0.217. The van der Waals surface area contributed by atoms with E-state index >= 15 is 0 Å². The molecule has 0 saturated heterocycles. The Morgan fingerprint density at radius 2 is 1.95 bits per heavy atom. The summed E-state index contributed by atoms with van der Waals surface area (Å²) in [7, 11) is 0. The zero-order chi connectivity index (χ0) is 14.5. The zero-order valence-electron chi connectivity index (χ0n) is 12.5. The summed E-state index contributed by atoms with van der Waals surface area (Å²) in [5.41, 5.74) is 0.663. The van der Waals surface area contributed by atoms with Crippen LogP contribution in [0.2, 0.25) is 5.02 Å². The highest BCUT2D eigenvalue weighted by Gasteiger charge is 2.30. The van der Waals surface area contributed by atoms with Crippen molar-refractivity contribution in [3.05, 3.63) is 34.6 Å². The molecule has 112 valence electrons. The minimum Gasteiger partial charge on any atom is -0.310 e. The molecule has 1 aliphatic rings. The fourth-order valence-electron chi connectivity index (χ4n) is 3.46. The van der Waals surface area contributed by atoms with E-state index in [1.54, 1.807) is 12.1 Å². The molecular weight excluding hydrogens is 273 g/mol. The molecule has 1 fully saturated rings. The largest absolute Gasteiger partial charge is 0.310 e. The maximum Gasteiger partial charge on any atom is 0.129 e. The smallest absolute Gasteiger partial charge is 0.129 e. The van der Waals surface area contributed by atoms with Gasteiger partial charge in [-0.25, -0.2) is 4.39 Å². The lowest BCUT2D eigenvalue weighted by atomic mass is 9.76. The van der Waals surface area contributed by atoms with Gasteiger partial charge in [0.25, 0.3) is 0 Å². The van der Waals surface area contributed by atoms with E-state index in [1.807, 2.05) is 0 Å². The molecule has 1 nitrogen and oxygen atoms in total. The van der Waals surface area contributed by atoms with Crippen LogP contribution in [0, 0.1) is 17.7 Å². The Kier molecular flexibility index (Phi) is 5.86. The number of nitrogens with one attached hydrogen (secondary N) is 1. The molecule has 1 aliphatic carbocycles. The molecule has 1 atom stereocenters. The van der Waals surface area contributed by atoms with Crippen molar-refractivity contribution in [2.75, 3.05) is 6.54 Å². The topological polar surface area (TPSA) is 12.0 Å². The molecule has 1 aromatic carbocycles. The number of hydrogen-bond donors (Lipinski definition) is 1. The monoisotopic (exact) mass is 297 g/mol. The lowest BCUT2D eigenvalue weighted by Gasteiger charge is -2.34. The molecule has 2 rings (SSSR count). The van der Waals surface area contributed by atoms with Gasteiger partial charge in [-0.3, -0.25) is 0 Å². The molecular formula is C17H25ClFN. The predicted octanol–water partition coefficient (Wildman–Crippen LogP) is 5.35. The third-order valence-corrected chi connectivity index (χ3v) is 5.00. The number of halogens is 2. The molecule has 1 N–H and O–H groups in total. The third kappa shape index (κ3) is 3.53. The Morgan fingerprint density at radius 3 is 2.50 bits per heavy atom. The van der Waals surface area contributed by atoms with Crippen LogP contribution >= 0.6 is 11.6 Å². The molecule has 0 spiro atoms. The van der Waals surface area contributed by atoms with Crippen LogP contribution < -0.4 is 5.32 Å². The summed E-state index contributed by atoms with van der Waals surface area (Å²) in [6, 6.07) is 5.04. The summed E-state index contributed by atoms with van der Waals surface area (Å²) < 4.78 is 14.2. The molecule has 0 heterocycles. The van der Waals surface area contributed by atoms with Gasteiger partial charge < -0.3 is 5.32 Å². The molecule has 0 radical (unpaired) electrons. The van der Waals surface area contributed by atoms with E-state index in [0.29, 0.717) is 16.5 Å². The van der Waals surface area contributed by atoms with Crippen LogP contribution in [-0.2, 0) is 0 Å². The highest BCUT2D eigenvalue weighted by Crippen LogP contribution is 2.40. The minimum atomic E-state index is -0.180. The molecule has 0 aliphatic heterocycles. The number of rotatable bonds is 5. The molecule has 1 unspecified atom stereocenters. The maximum absolute atomic E-state index is 14.2. The summed E-state index contributed by atoms with van der Waals surface area (Å²) in [5, 5.41) is 4.01. The van der Waals surface area contributed by atoms with Gasteiger partial charge in [0.05, 0.1) is 0 Å². The number of benzene rings is 1. The second kappa shape index (κ2) is 7.42. The van der Waals surface area contributed by atoms with E-state index in [9.17, 15) is 4.39 Å². The molecule has 0 amide bonds. The van der Waals surface area contributed by atoms with Gasteiger partial charge in [-0.1, -0.05) is 50.8 Å². The van der Waals surface area contributed by atoms with Gasteiger partial charge in [0.2, 0.25) is 0 Å². The summed E-state index contributed by atoms with van der Waals surface area (Å²) in [5.74, 6) is 1.16. The van der Waals surface area contributed by atoms with Gasteiger partial charge in [0.15, 0.2) is 0 Å². The van der Waals surface area contributed by atoms with Gasteiger partial charge in [-0.2, -0.15) is 0 Å². The van der Waals surface area contributed by atoms with E-state index in [2.05, 4.69) is 19.2 Å². The van der Waals surface area contributed by atoms with Crippen LogP contribution in [0.15, 0.2) is 18.2 Å². The highest BCUT2D eigenvalue weighted by molar-refractivity contribution is 6.31. The lowest BCUT2D eigenvalue weighted by Crippen LogP contribution is -2.32. The van der Waals surface area contributed by atoms with Gasteiger partial charge in [-0.15, -0.1) is 0 Å². The van der Waals surface area contributed by atoms with E-state index in [0.717, 1.165) is 12.5 Å². The summed E-state index contributed by atoms with van der Waals surface area (Å²) in [4.78, 5) is 0. The highest BCUT2D eigenvalue weighted by atomic mass is 35.5. The average molecular weight is 298 g/mol. The van der Waals surface area contributed by atoms with E-state index in [4.69, 9.17) is 11.6 Å². The van der Waals surface area contributed by atoms with Crippen LogP contribution in [-0.4, -0.2) is 6.54 Å². The quantitative estimate of drug-likeness (QED) is 0.773. The normalized spacial score (nSPS) is 24.6. The summed E-state index contributed by atoms with van der Waals surface area (Å²) >= 11 is 6.26. The first-order chi connectivity index (χ1) is 9.67. The first kappa shape index (κ1) is 15.8. The minimum absolute atomic E-state index is 0.0477. The molecule has 0 aromatic heterocycles. The Bertz CT molecular complexity index is 407. The van der Waals surface area contributed by atoms with Crippen molar-refractivity contribution in [3.8, 4) is 0 Å². The number of hydrogen-bond acceptors (Lipinski definition) is 1. The van der Waals surface area contributed by atoms with E-state index in [-0.39, 0.29) is 11.9 Å². The standard InChI is InChI=1S/C17H25ClFN/c1-3-12-8-10-13(11-9-12)17(20-4-2)16-14(18)6-5-7-15(16)19/h5-7,12-13,17,20H,3-4,8-11H2,1-2H3. The van der Waals surface area contributed by atoms with Crippen LogP contribution in [0.1, 0.15) is 57.6 Å². The van der Waals surface area contributed by atoms with Crippen molar-refractivity contribution < 1.29 is 4.39 Å². The molecule has 3 heteroatoms. The van der Waals surface area contributed by atoms with Gasteiger partial charge in [0, 0.05) is 16.6 Å².